The SMILES string of the molecule is Nc1nc(N)c2c3c(c(-c4ccccc4)nc2n1)CCCC3. The second kappa shape index (κ2) is 4.94. The number of fused-ring (bicyclic) bond motifs is 3. The van der Waals surface area contributed by atoms with E-state index in [1.165, 1.54) is 17.5 Å². The highest BCUT2D eigenvalue weighted by Gasteiger charge is 2.21. The first-order valence-electron chi connectivity index (χ1n) is 7.54. The Kier molecular flexibility index (Phi) is 2.92. The summed E-state index contributed by atoms with van der Waals surface area (Å²) >= 11 is 0. The van der Waals surface area contributed by atoms with Crippen LogP contribution < -0.4 is 11.5 Å². The first-order chi connectivity index (χ1) is 10.7. The molecule has 0 unspecified atom stereocenters. The molecule has 0 bridgehead atoms. The molecule has 2 heterocycles. The predicted molar refractivity (Wildman–Crippen MR) is 88.2 cm³/mol. The number of nitrogens with zero attached hydrogens (tertiary/aromatic N) is 3. The van der Waals surface area contributed by atoms with Crippen molar-refractivity contribution >= 4 is 22.8 Å². The number of rotatable bonds is 1. The van der Waals surface area contributed by atoms with Gasteiger partial charge in [-0.2, -0.15) is 9.97 Å². The van der Waals surface area contributed by atoms with Gasteiger partial charge in [0.25, 0.3) is 0 Å². The molecule has 110 valence electrons. The summed E-state index contributed by atoms with van der Waals surface area (Å²) in [6, 6.07) is 10.2. The van der Waals surface area contributed by atoms with Crippen LogP contribution in [0.2, 0.25) is 0 Å². The van der Waals surface area contributed by atoms with Gasteiger partial charge in [0.15, 0.2) is 5.65 Å². The summed E-state index contributed by atoms with van der Waals surface area (Å²) < 4.78 is 0. The number of hydrogen-bond donors (Lipinski definition) is 2. The summed E-state index contributed by atoms with van der Waals surface area (Å²) in [7, 11) is 0. The van der Waals surface area contributed by atoms with E-state index in [-0.39, 0.29) is 5.95 Å². The van der Waals surface area contributed by atoms with Gasteiger partial charge in [0, 0.05) is 5.56 Å². The van der Waals surface area contributed by atoms with Crippen molar-refractivity contribution < 1.29 is 0 Å². The lowest BCUT2D eigenvalue weighted by Gasteiger charge is -2.21. The van der Waals surface area contributed by atoms with Gasteiger partial charge in [0.1, 0.15) is 5.82 Å². The fourth-order valence-corrected chi connectivity index (χ4v) is 3.30. The van der Waals surface area contributed by atoms with E-state index in [4.69, 9.17) is 16.5 Å². The highest BCUT2D eigenvalue weighted by atomic mass is 15.1. The molecule has 22 heavy (non-hydrogen) atoms. The van der Waals surface area contributed by atoms with Crippen molar-refractivity contribution in [2.24, 2.45) is 0 Å². The Morgan fingerprint density at radius 3 is 2.32 bits per heavy atom. The number of nitrogens with two attached hydrogens (primary N) is 2. The second-order valence-corrected chi connectivity index (χ2v) is 5.66. The molecule has 0 fully saturated rings. The number of aryl methyl sites for hydroxylation is 1. The number of aromatic nitrogens is 3. The number of benzene rings is 1. The van der Waals surface area contributed by atoms with E-state index in [0.717, 1.165) is 35.9 Å². The Labute approximate surface area is 128 Å². The molecule has 0 atom stereocenters. The molecule has 0 radical (unpaired) electrons. The Balaban J connectivity index is 2.10. The maximum Gasteiger partial charge on any atom is 0.224 e. The molecule has 5 heteroatoms. The molecular weight excluding hydrogens is 274 g/mol. The van der Waals surface area contributed by atoms with Crippen molar-refractivity contribution in [3.8, 4) is 11.3 Å². The molecule has 1 aromatic carbocycles. The van der Waals surface area contributed by atoms with Crippen LogP contribution in [-0.4, -0.2) is 15.0 Å². The monoisotopic (exact) mass is 291 g/mol. The first kappa shape index (κ1) is 13.0. The average Bonchev–Trinajstić information content (AvgIpc) is 2.54. The molecule has 0 saturated carbocycles. The van der Waals surface area contributed by atoms with E-state index < -0.39 is 0 Å². The predicted octanol–water partition coefficient (Wildman–Crippen LogP) is 2.74. The Morgan fingerprint density at radius 1 is 0.818 bits per heavy atom. The molecule has 0 saturated heterocycles. The van der Waals surface area contributed by atoms with E-state index in [9.17, 15) is 0 Å². The maximum absolute atomic E-state index is 6.10. The van der Waals surface area contributed by atoms with Crippen molar-refractivity contribution in [3.05, 3.63) is 41.5 Å². The lowest BCUT2D eigenvalue weighted by atomic mass is 9.87. The quantitative estimate of drug-likeness (QED) is 0.719. The molecule has 1 aliphatic rings. The van der Waals surface area contributed by atoms with Crippen LogP contribution in [0.5, 0.6) is 0 Å². The van der Waals surface area contributed by atoms with Gasteiger partial charge < -0.3 is 11.5 Å². The van der Waals surface area contributed by atoms with Crippen LogP contribution in [0.25, 0.3) is 22.3 Å². The third-order valence-corrected chi connectivity index (χ3v) is 4.26. The van der Waals surface area contributed by atoms with Crippen LogP contribution in [0, 0.1) is 0 Å². The van der Waals surface area contributed by atoms with Crippen LogP contribution in [0.4, 0.5) is 11.8 Å². The fraction of sp³-hybridized carbons (Fsp3) is 0.235. The number of nitrogen functional groups attached to an aromatic ring is 2. The third kappa shape index (κ3) is 1.97. The van der Waals surface area contributed by atoms with Crippen molar-refractivity contribution in [1.29, 1.82) is 0 Å². The Bertz CT molecular complexity index is 858. The zero-order valence-corrected chi connectivity index (χ0v) is 12.2. The van der Waals surface area contributed by atoms with Crippen LogP contribution in [-0.2, 0) is 12.8 Å². The van der Waals surface area contributed by atoms with E-state index in [1.54, 1.807) is 0 Å². The van der Waals surface area contributed by atoms with Crippen molar-refractivity contribution in [1.82, 2.24) is 15.0 Å². The average molecular weight is 291 g/mol. The van der Waals surface area contributed by atoms with E-state index >= 15 is 0 Å². The Hall–Kier alpha value is -2.69. The third-order valence-electron chi connectivity index (χ3n) is 4.26. The molecule has 5 nitrogen and oxygen atoms in total. The molecule has 2 aromatic heterocycles. The number of pyridine rings is 1. The smallest absolute Gasteiger partial charge is 0.224 e. The lowest BCUT2D eigenvalue weighted by molar-refractivity contribution is 0.688. The summed E-state index contributed by atoms with van der Waals surface area (Å²) in [5.41, 5.74) is 17.1. The standard InChI is InChI=1S/C17H17N5/c18-15-13-11-8-4-5-9-12(11)14(10-6-2-1-3-7-10)20-16(13)22-17(19)21-15/h1-3,6-7H,4-5,8-9H2,(H4,18,19,20,21,22). The summed E-state index contributed by atoms with van der Waals surface area (Å²) in [5.74, 6) is 0.611. The zero-order valence-electron chi connectivity index (χ0n) is 12.2. The zero-order chi connectivity index (χ0) is 15.1. The highest BCUT2D eigenvalue weighted by Crippen LogP contribution is 2.36. The van der Waals surface area contributed by atoms with Gasteiger partial charge >= 0.3 is 0 Å². The minimum Gasteiger partial charge on any atom is -0.383 e. The minimum absolute atomic E-state index is 0.173. The fourth-order valence-electron chi connectivity index (χ4n) is 3.30. The van der Waals surface area contributed by atoms with Crippen molar-refractivity contribution in [2.75, 3.05) is 11.5 Å². The van der Waals surface area contributed by atoms with Crippen LogP contribution in [0.1, 0.15) is 24.0 Å². The van der Waals surface area contributed by atoms with Gasteiger partial charge in [-0.15, -0.1) is 0 Å². The summed E-state index contributed by atoms with van der Waals surface area (Å²) in [6.45, 7) is 0. The molecule has 4 rings (SSSR count). The molecule has 3 aromatic rings. The van der Waals surface area contributed by atoms with E-state index in [1.807, 2.05) is 18.2 Å². The largest absolute Gasteiger partial charge is 0.383 e. The molecule has 0 aliphatic heterocycles. The number of hydrogen-bond acceptors (Lipinski definition) is 5. The van der Waals surface area contributed by atoms with Crippen LogP contribution >= 0.6 is 0 Å². The van der Waals surface area contributed by atoms with Crippen molar-refractivity contribution in [2.45, 2.75) is 25.7 Å². The van der Waals surface area contributed by atoms with Gasteiger partial charge in [-0.05, 0) is 36.8 Å². The van der Waals surface area contributed by atoms with Gasteiger partial charge in [-0.1, -0.05) is 30.3 Å². The van der Waals surface area contributed by atoms with Gasteiger partial charge in [-0.25, -0.2) is 4.98 Å². The van der Waals surface area contributed by atoms with Gasteiger partial charge in [-0.3, -0.25) is 0 Å². The number of anilines is 2. The molecular formula is C17H17N5. The van der Waals surface area contributed by atoms with E-state index in [2.05, 4.69) is 22.1 Å². The molecule has 0 spiro atoms. The second-order valence-electron chi connectivity index (χ2n) is 5.66. The topological polar surface area (TPSA) is 90.7 Å². The normalized spacial score (nSPS) is 14.0. The van der Waals surface area contributed by atoms with Crippen molar-refractivity contribution in [3.63, 3.8) is 0 Å². The van der Waals surface area contributed by atoms with Crippen LogP contribution in [0.3, 0.4) is 0 Å². The minimum atomic E-state index is 0.173. The van der Waals surface area contributed by atoms with Gasteiger partial charge in [0.2, 0.25) is 5.95 Å². The highest BCUT2D eigenvalue weighted by molar-refractivity contribution is 5.93. The van der Waals surface area contributed by atoms with E-state index in [0.29, 0.717) is 11.5 Å². The lowest BCUT2D eigenvalue weighted by Crippen LogP contribution is -2.11. The maximum atomic E-state index is 6.10. The molecule has 4 N–H and O–H groups in total. The van der Waals surface area contributed by atoms with Crippen LogP contribution in [0.15, 0.2) is 30.3 Å². The molecule has 1 aliphatic carbocycles. The first-order valence-corrected chi connectivity index (χ1v) is 7.54. The molecule has 0 amide bonds. The summed E-state index contributed by atoms with van der Waals surface area (Å²) in [5, 5.41) is 0.878. The summed E-state index contributed by atoms with van der Waals surface area (Å²) in [6.07, 6.45) is 4.35. The Morgan fingerprint density at radius 2 is 1.55 bits per heavy atom. The van der Waals surface area contributed by atoms with Gasteiger partial charge in [0.05, 0.1) is 11.1 Å². The summed E-state index contributed by atoms with van der Waals surface area (Å²) in [4.78, 5) is 13.2.